The molecule has 0 saturated carbocycles. The van der Waals surface area contributed by atoms with E-state index in [1.165, 1.54) is 78.9 Å². The van der Waals surface area contributed by atoms with Gasteiger partial charge in [-0.05, 0) is 66.7 Å². The third-order valence-corrected chi connectivity index (χ3v) is 10.2. The Balaban J connectivity index is 2.04. The SMILES string of the molecule is O=S(=O)(O)c1ccccc1-c1ccc(S(=O)(=O)c2ccc(Cl)cc2)cc1S(=O)(=O)c1ccc(Cl)cc1. The standard InChI is InChI=1S/C24H16Cl2O7S3/c25-16-5-9-18(10-6-16)34(27,28)20-13-14-22(21-3-1-2-4-23(21)36(31,32)33)24(15-20)35(29,30)19-11-7-17(26)8-12-19/h1-15H,(H,31,32,33). The molecule has 0 atom stereocenters. The zero-order valence-corrected chi connectivity index (χ0v) is 22.0. The van der Waals surface area contributed by atoms with Gasteiger partial charge in [-0.2, -0.15) is 8.42 Å². The summed E-state index contributed by atoms with van der Waals surface area (Å²) in [7, 11) is -13.3. The Morgan fingerprint density at radius 3 is 1.47 bits per heavy atom. The fourth-order valence-corrected chi connectivity index (χ4v) is 7.34. The lowest BCUT2D eigenvalue weighted by molar-refractivity contribution is 0.483. The van der Waals surface area contributed by atoms with Crippen molar-refractivity contribution in [3.63, 3.8) is 0 Å². The van der Waals surface area contributed by atoms with Gasteiger partial charge in [0, 0.05) is 21.2 Å². The lowest BCUT2D eigenvalue weighted by Crippen LogP contribution is -2.09. The van der Waals surface area contributed by atoms with Gasteiger partial charge in [0.05, 0.1) is 19.6 Å². The lowest BCUT2D eigenvalue weighted by Gasteiger charge is -2.15. The molecule has 0 fully saturated rings. The summed E-state index contributed by atoms with van der Waals surface area (Å²) in [4.78, 5) is -1.67. The first-order valence-corrected chi connectivity index (χ1v) is 15.2. The second-order valence-electron chi connectivity index (χ2n) is 7.54. The Morgan fingerprint density at radius 1 is 0.500 bits per heavy atom. The van der Waals surface area contributed by atoms with E-state index in [4.69, 9.17) is 23.2 Å². The molecule has 0 aromatic heterocycles. The Morgan fingerprint density at radius 2 is 0.944 bits per heavy atom. The van der Waals surface area contributed by atoms with Crippen molar-refractivity contribution < 1.29 is 29.8 Å². The number of hydrogen-bond donors (Lipinski definition) is 1. The molecule has 1 N–H and O–H groups in total. The highest BCUT2D eigenvalue weighted by atomic mass is 35.5. The van der Waals surface area contributed by atoms with E-state index in [0.717, 1.165) is 12.1 Å². The minimum Gasteiger partial charge on any atom is -0.282 e. The fourth-order valence-electron chi connectivity index (χ4n) is 3.52. The first-order chi connectivity index (χ1) is 16.8. The number of halogens is 2. The van der Waals surface area contributed by atoms with Crippen LogP contribution >= 0.6 is 23.2 Å². The summed E-state index contributed by atoms with van der Waals surface area (Å²) in [5, 5.41) is 0.599. The Hall–Kier alpha value is -2.73. The predicted octanol–water partition coefficient (Wildman–Crippen LogP) is 5.57. The van der Waals surface area contributed by atoms with Gasteiger partial charge in [-0.15, -0.1) is 0 Å². The van der Waals surface area contributed by atoms with Crippen molar-refractivity contribution in [1.29, 1.82) is 0 Å². The third kappa shape index (κ3) is 5.06. The molecule has 0 bridgehead atoms. The van der Waals surface area contributed by atoms with Crippen LogP contribution in [0.3, 0.4) is 0 Å². The molecule has 0 spiro atoms. The summed E-state index contributed by atoms with van der Waals surface area (Å²) in [6, 6.07) is 19.1. The van der Waals surface area contributed by atoms with Crippen LogP contribution in [0.1, 0.15) is 0 Å². The molecule has 0 amide bonds. The maximum Gasteiger partial charge on any atom is 0.295 e. The third-order valence-electron chi connectivity index (χ3n) is 5.26. The summed E-state index contributed by atoms with van der Waals surface area (Å²) in [6.07, 6.45) is 0. The van der Waals surface area contributed by atoms with E-state index < -0.39 is 39.6 Å². The fraction of sp³-hybridized carbons (Fsp3) is 0. The number of hydrogen-bond acceptors (Lipinski definition) is 6. The Kier molecular flexibility index (Phi) is 7.04. The summed E-state index contributed by atoms with van der Waals surface area (Å²) >= 11 is 11.8. The Bertz CT molecular complexity index is 1780. The average molecular weight is 583 g/mol. The van der Waals surface area contributed by atoms with Crippen LogP contribution < -0.4 is 0 Å². The molecule has 186 valence electrons. The van der Waals surface area contributed by atoms with Crippen molar-refractivity contribution in [2.45, 2.75) is 24.5 Å². The molecule has 4 aromatic rings. The van der Waals surface area contributed by atoms with Crippen LogP contribution in [-0.2, 0) is 29.8 Å². The summed E-state index contributed by atoms with van der Waals surface area (Å²) < 4.78 is 87.7. The maximum atomic E-state index is 13.7. The van der Waals surface area contributed by atoms with Gasteiger partial charge >= 0.3 is 0 Å². The van der Waals surface area contributed by atoms with E-state index in [1.54, 1.807) is 0 Å². The minimum atomic E-state index is -4.74. The summed E-state index contributed by atoms with van der Waals surface area (Å²) in [5.74, 6) is 0. The van der Waals surface area contributed by atoms with E-state index in [9.17, 15) is 29.8 Å². The second-order valence-corrected chi connectivity index (χ2v) is 13.7. The van der Waals surface area contributed by atoms with Gasteiger partial charge in [0.25, 0.3) is 10.1 Å². The van der Waals surface area contributed by atoms with Crippen LogP contribution in [-0.4, -0.2) is 29.8 Å². The van der Waals surface area contributed by atoms with Crippen molar-refractivity contribution in [3.05, 3.63) is 101 Å². The number of rotatable bonds is 6. The van der Waals surface area contributed by atoms with Crippen LogP contribution in [0.15, 0.2) is 115 Å². The van der Waals surface area contributed by atoms with Crippen LogP contribution in [0.2, 0.25) is 10.0 Å². The van der Waals surface area contributed by atoms with E-state index in [2.05, 4.69) is 0 Å². The first-order valence-electron chi connectivity index (χ1n) is 10.0. The van der Waals surface area contributed by atoms with Crippen LogP contribution in [0, 0.1) is 0 Å². The molecule has 0 radical (unpaired) electrons. The van der Waals surface area contributed by atoms with Gasteiger partial charge in [-0.3, -0.25) is 4.55 Å². The smallest absolute Gasteiger partial charge is 0.282 e. The highest BCUT2D eigenvalue weighted by Crippen LogP contribution is 2.37. The Labute approximate surface area is 218 Å². The molecule has 0 saturated heterocycles. The topological polar surface area (TPSA) is 123 Å². The van der Waals surface area contributed by atoms with Gasteiger partial charge in [0.1, 0.15) is 4.90 Å². The van der Waals surface area contributed by atoms with E-state index in [-0.39, 0.29) is 30.8 Å². The molecule has 0 heterocycles. The molecular formula is C24H16Cl2O7S3. The molecule has 0 aliphatic heterocycles. The zero-order chi connectivity index (χ0) is 26.3. The van der Waals surface area contributed by atoms with Crippen molar-refractivity contribution in [3.8, 4) is 11.1 Å². The monoisotopic (exact) mass is 582 g/mol. The highest BCUT2D eigenvalue weighted by Gasteiger charge is 2.28. The molecule has 12 heteroatoms. The molecule has 0 aliphatic carbocycles. The molecule has 4 rings (SSSR count). The molecule has 7 nitrogen and oxygen atoms in total. The maximum absolute atomic E-state index is 13.7. The zero-order valence-electron chi connectivity index (χ0n) is 18.0. The quantitative estimate of drug-likeness (QED) is 0.294. The molecule has 36 heavy (non-hydrogen) atoms. The van der Waals surface area contributed by atoms with Crippen LogP contribution in [0.5, 0.6) is 0 Å². The van der Waals surface area contributed by atoms with E-state index >= 15 is 0 Å². The van der Waals surface area contributed by atoms with Crippen molar-refractivity contribution in [2.75, 3.05) is 0 Å². The second kappa shape index (κ2) is 9.62. The highest BCUT2D eigenvalue weighted by molar-refractivity contribution is 7.92. The van der Waals surface area contributed by atoms with E-state index in [1.807, 2.05) is 0 Å². The van der Waals surface area contributed by atoms with Gasteiger partial charge in [0.15, 0.2) is 0 Å². The average Bonchev–Trinajstić information content (AvgIpc) is 2.83. The molecule has 4 aromatic carbocycles. The molecular weight excluding hydrogens is 567 g/mol. The van der Waals surface area contributed by atoms with Crippen molar-refractivity contribution >= 4 is 53.0 Å². The minimum absolute atomic E-state index is 0.117. The number of benzene rings is 4. The summed E-state index contributed by atoms with van der Waals surface area (Å²) in [5.41, 5.74) is -0.240. The predicted molar refractivity (Wildman–Crippen MR) is 136 cm³/mol. The van der Waals surface area contributed by atoms with Gasteiger partial charge < -0.3 is 0 Å². The molecule has 0 aliphatic rings. The van der Waals surface area contributed by atoms with Crippen LogP contribution in [0.4, 0.5) is 0 Å². The van der Waals surface area contributed by atoms with Crippen molar-refractivity contribution in [1.82, 2.24) is 0 Å². The first kappa shape index (κ1) is 26.3. The van der Waals surface area contributed by atoms with E-state index in [0.29, 0.717) is 5.02 Å². The van der Waals surface area contributed by atoms with Crippen LogP contribution in [0.25, 0.3) is 11.1 Å². The number of sulfone groups is 2. The van der Waals surface area contributed by atoms with Gasteiger partial charge in [0.2, 0.25) is 19.7 Å². The van der Waals surface area contributed by atoms with Gasteiger partial charge in [-0.1, -0.05) is 47.5 Å². The summed E-state index contributed by atoms with van der Waals surface area (Å²) in [6.45, 7) is 0. The molecule has 0 unspecified atom stereocenters. The van der Waals surface area contributed by atoms with Crippen molar-refractivity contribution in [2.24, 2.45) is 0 Å². The van der Waals surface area contributed by atoms with Gasteiger partial charge in [-0.25, -0.2) is 16.8 Å². The normalized spacial score (nSPS) is 12.4. The largest absolute Gasteiger partial charge is 0.295 e. The lowest BCUT2D eigenvalue weighted by atomic mass is 10.1.